The third kappa shape index (κ3) is 3.19. The summed E-state index contributed by atoms with van der Waals surface area (Å²) in [4.78, 5) is 14.7. The van der Waals surface area contributed by atoms with Crippen LogP contribution in [-0.2, 0) is 4.79 Å². The second kappa shape index (κ2) is 6.49. The van der Waals surface area contributed by atoms with Crippen LogP contribution in [0.25, 0.3) is 6.08 Å². The average Bonchev–Trinajstić information content (AvgIpc) is 2.84. The highest BCUT2D eigenvalue weighted by molar-refractivity contribution is 6.32. The van der Waals surface area contributed by atoms with Crippen LogP contribution in [0.5, 0.6) is 0 Å². The molecule has 1 heterocycles. The maximum atomic E-state index is 12.7. The van der Waals surface area contributed by atoms with Crippen LogP contribution in [0.4, 0.5) is 11.4 Å². The van der Waals surface area contributed by atoms with Gasteiger partial charge < -0.3 is 4.90 Å². The quantitative estimate of drug-likeness (QED) is 0.785. The molecule has 0 saturated heterocycles. The molecule has 24 heavy (non-hydrogen) atoms. The molecule has 0 spiro atoms. The molecule has 0 fully saturated rings. The molecule has 0 N–H and O–H groups in total. The normalized spacial score (nSPS) is 15.8. The molecule has 0 atom stereocenters. The van der Waals surface area contributed by atoms with Crippen LogP contribution in [0.3, 0.4) is 0 Å². The molecule has 2 aromatic rings. The molecule has 0 unspecified atom stereocenters. The van der Waals surface area contributed by atoms with E-state index >= 15 is 0 Å². The lowest BCUT2D eigenvalue weighted by atomic mass is 10.1. The Morgan fingerprint density at radius 2 is 1.67 bits per heavy atom. The summed E-state index contributed by atoms with van der Waals surface area (Å²) >= 11 is 5.90. The predicted octanol–water partition coefficient (Wildman–Crippen LogP) is 4.21. The Morgan fingerprint density at radius 1 is 1.04 bits per heavy atom. The Kier molecular flexibility index (Phi) is 4.40. The largest absolute Gasteiger partial charge is 0.378 e. The fourth-order valence-electron chi connectivity index (χ4n) is 2.48. The van der Waals surface area contributed by atoms with Crippen molar-refractivity contribution in [1.29, 1.82) is 0 Å². The van der Waals surface area contributed by atoms with Gasteiger partial charge >= 0.3 is 0 Å². The van der Waals surface area contributed by atoms with E-state index in [1.807, 2.05) is 56.3 Å². The highest BCUT2D eigenvalue weighted by atomic mass is 35.5. The van der Waals surface area contributed by atoms with Gasteiger partial charge in [0.15, 0.2) is 0 Å². The number of hydrogen-bond acceptors (Lipinski definition) is 3. The van der Waals surface area contributed by atoms with Gasteiger partial charge in [-0.15, -0.1) is 0 Å². The third-order valence-corrected chi connectivity index (χ3v) is 4.11. The zero-order valence-corrected chi connectivity index (χ0v) is 14.6. The zero-order chi connectivity index (χ0) is 17.3. The van der Waals surface area contributed by atoms with Crippen LogP contribution in [0, 0.1) is 0 Å². The molecule has 0 aliphatic carbocycles. The maximum absolute atomic E-state index is 12.7. The number of hydrogen-bond donors (Lipinski definition) is 0. The monoisotopic (exact) mass is 339 g/mol. The number of amides is 1. The van der Waals surface area contributed by atoms with Gasteiger partial charge in [-0.05, 0) is 55.0 Å². The predicted molar refractivity (Wildman–Crippen MR) is 101 cm³/mol. The number of carbonyl (C=O) groups is 1. The number of halogens is 1. The third-order valence-electron chi connectivity index (χ3n) is 3.85. The van der Waals surface area contributed by atoms with Crippen molar-refractivity contribution in [3.05, 3.63) is 64.7 Å². The van der Waals surface area contributed by atoms with Crippen LogP contribution in [0.2, 0.25) is 5.02 Å². The number of nitrogens with zero attached hydrogens (tertiary/aromatic N) is 3. The first-order valence-corrected chi connectivity index (χ1v) is 7.98. The van der Waals surface area contributed by atoms with Crippen LogP contribution >= 0.6 is 11.6 Å². The Hall–Kier alpha value is -2.59. The summed E-state index contributed by atoms with van der Waals surface area (Å²) in [5.74, 6) is -0.133. The lowest BCUT2D eigenvalue weighted by Gasteiger charge is -2.12. The van der Waals surface area contributed by atoms with E-state index in [0.717, 1.165) is 11.3 Å². The summed E-state index contributed by atoms with van der Waals surface area (Å²) < 4.78 is 0. The standard InChI is InChI=1S/C19H18ClN3O/c1-13-18(12-14-4-8-16(9-5-14)22(2)3)19(24)23(21-13)17-10-6-15(20)7-11-17/h4-12H,1-3H3. The summed E-state index contributed by atoms with van der Waals surface area (Å²) in [7, 11) is 3.99. The molecule has 122 valence electrons. The Morgan fingerprint density at radius 3 is 2.25 bits per heavy atom. The lowest BCUT2D eigenvalue weighted by Crippen LogP contribution is -2.21. The minimum atomic E-state index is -0.133. The van der Waals surface area contributed by atoms with Gasteiger partial charge in [-0.25, -0.2) is 0 Å². The molecule has 0 bridgehead atoms. The molecule has 2 aromatic carbocycles. The van der Waals surface area contributed by atoms with E-state index in [4.69, 9.17) is 11.6 Å². The molecule has 3 rings (SSSR count). The van der Waals surface area contributed by atoms with Crippen molar-refractivity contribution < 1.29 is 4.79 Å². The first-order chi connectivity index (χ1) is 11.5. The van der Waals surface area contributed by atoms with Crippen LogP contribution in [0.1, 0.15) is 12.5 Å². The Labute approximate surface area is 146 Å². The lowest BCUT2D eigenvalue weighted by molar-refractivity contribution is -0.114. The van der Waals surface area contributed by atoms with Crippen molar-refractivity contribution in [2.45, 2.75) is 6.92 Å². The van der Waals surface area contributed by atoms with Gasteiger partial charge in [0, 0.05) is 24.8 Å². The van der Waals surface area contributed by atoms with E-state index < -0.39 is 0 Å². The second-order valence-corrected chi connectivity index (χ2v) is 6.26. The Bertz CT molecular complexity index is 821. The molecule has 5 heteroatoms. The van der Waals surface area contributed by atoms with Gasteiger partial charge in [0.25, 0.3) is 5.91 Å². The SMILES string of the molecule is CC1=NN(c2ccc(Cl)cc2)C(=O)C1=Cc1ccc(N(C)C)cc1. The number of anilines is 2. The number of rotatable bonds is 3. The van der Waals surface area contributed by atoms with Gasteiger partial charge in [0.05, 0.1) is 17.0 Å². The fraction of sp³-hybridized carbons (Fsp3) is 0.158. The van der Waals surface area contributed by atoms with Gasteiger partial charge in [-0.1, -0.05) is 23.7 Å². The van der Waals surface area contributed by atoms with Gasteiger partial charge in [-0.3, -0.25) is 4.79 Å². The molecule has 0 radical (unpaired) electrons. The molecule has 1 amide bonds. The van der Waals surface area contributed by atoms with E-state index in [2.05, 4.69) is 5.10 Å². The van der Waals surface area contributed by atoms with E-state index in [9.17, 15) is 4.79 Å². The summed E-state index contributed by atoms with van der Waals surface area (Å²) in [6, 6.07) is 15.1. The Balaban J connectivity index is 1.88. The minimum absolute atomic E-state index is 0.133. The topological polar surface area (TPSA) is 35.9 Å². The number of benzene rings is 2. The van der Waals surface area contributed by atoms with E-state index in [1.165, 1.54) is 5.01 Å². The van der Waals surface area contributed by atoms with Gasteiger partial charge in [0.2, 0.25) is 0 Å². The molecule has 0 aromatic heterocycles. The van der Waals surface area contributed by atoms with E-state index in [0.29, 0.717) is 22.0 Å². The van der Waals surface area contributed by atoms with Crippen molar-refractivity contribution >= 4 is 40.7 Å². The van der Waals surface area contributed by atoms with Crippen molar-refractivity contribution in [3.8, 4) is 0 Å². The first kappa shape index (κ1) is 16.3. The number of carbonyl (C=O) groups excluding carboxylic acids is 1. The summed E-state index contributed by atoms with van der Waals surface area (Å²) in [5, 5.41) is 6.41. The maximum Gasteiger partial charge on any atom is 0.280 e. The van der Waals surface area contributed by atoms with Crippen LogP contribution < -0.4 is 9.91 Å². The van der Waals surface area contributed by atoms with Crippen LogP contribution in [0.15, 0.2) is 59.2 Å². The smallest absolute Gasteiger partial charge is 0.280 e. The van der Waals surface area contributed by atoms with Gasteiger partial charge in [0.1, 0.15) is 0 Å². The van der Waals surface area contributed by atoms with Crippen molar-refractivity contribution in [1.82, 2.24) is 0 Å². The molecule has 1 aliphatic heterocycles. The highest BCUT2D eigenvalue weighted by Gasteiger charge is 2.28. The molecule has 4 nitrogen and oxygen atoms in total. The van der Waals surface area contributed by atoms with Gasteiger partial charge in [-0.2, -0.15) is 10.1 Å². The second-order valence-electron chi connectivity index (χ2n) is 5.82. The summed E-state index contributed by atoms with van der Waals surface area (Å²) in [6.07, 6.45) is 1.87. The first-order valence-electron chi connectivity index (χ1n) is 7.60. The molecular weight excluding hydrogens is 322 g/mol. The minimum Gasteiger partial charge on any atom is -0.378 e. The van der Waals surface area contributed by atoms with E-state index in [1.54, 1.807) is 24.3 Å². The number of hydrazone groups is 1. The van der Waals surface area contributed by atoms with Crippen molar-refractivity contribution in [2.75, 3.05) is 24.0 Å². The zero-order valence-electron chi connectivity index (χ0n) is 13.8. The molecular formula is C19H18ClN3O. The highest BCUT2D eigenvalue weighted by Crippen LogP contribution is 2.26. The van der Waals surface area contributed by atoms with Crippen molar-refractivity contribution in [2.24, 2.45) is 5.10 Å². The fourth-order valence-corrected chi connectivity index (χ4v) is 2.60. The summed E-state index contributed by atoms with van der Waals surface area (Å²) in [5.41, 5.74) is 4.09. The van der Waals surface area contributed by atoms with E-state index in [-0.39, 0.29) is 5.91 Å². The molecule has 0 saturated carbocycles. The van der Waals surface area contributed by atoms with Crippen LogP contribution in [-0.4, -0.2) is 25.7 Å². The average molecular weight is 340 g/mol. The summed E-state index contributed by atoms with van der Waals surface area (Å²) in [6.45, 7) is 1.84. The molecule has 1 aliphatic rings. The van der Waals surface area contributed by atoms with Crippen molar-refractivity contribution in [3.63, 3.8) is 0 Å².